The number of aromatic nitrogens is 2. The Labute approximate surface area is 178 Å². The van der Waals surface area contributed by atoms with Crippen molar-refractivity contribution in [2.45, 2.75) is 52.2 Å². The second-order valence-corrected chi connectivity index (χ2v) is 9.17. The van der Waals surface area contributed by atoms with Gasteiger partial charge in [-0.15, -0.1) is 0 Å². The second kappa shape index (κ2) is 7.30. The summed E-state index contributed by atoms with van der Waals surface area (Å²) in [5, 5.41) is 4.27. The Kier molecular flexibility index (Phi) is 4.95. The minimum absolute atomic E-state index is 0.0128. The van der Waals surface area contributed by atoms with Crippen LogP contribution < -0.4 is 10.2 Å². The standard InChI is InChI=1S/C24H28N4S/c1-16-9-10-19(14-17(16)2)28-22(18-11-13-27(15-18)24(3,4)5)21(26-23(28)29)20-8-6-7-12-25-20/h6-15,21-22H,1-5H3,(H,26,29)/t21-,22-/m0/s1. The van der Waals surface area contributed by atoms with Gasteiger partial charge in [0.25, 0.3) is 0 Å². The van der Waals surface area contributed by atoms with Crippen molar-refractivity contribution < 1.29 is 0 Å². The highest BCUT2D eigenvalue weighted by Gasteiger charge is 2.41. The fourth-order valence-corrected chi connectivity index (χ4v) is 4.20. The number of anilines is 1. The fourth-order valence-electron chi connectivity index (χ4n) is 3.85. The third-order valence-corrected chi connectivity index (χ3v) is 6.01. The average Bonchev–Trinajstić information content (AvgIpc) is 3.29. The molecule has 0 saturated carbocycles. The first-order chi connectivity index (χ1) is 13.8. The van der Waals surface area contributed by atoms with Gasteiger partial charge in [-0.2, -0.15) is 0 Å². The normalized spacial score (nSPS) is 19.5. The maximum Gasteiger partial charge on any atom is 0.174 e. The first kappa shape index (κ1) is 19.6. The highest BCUT2D eigenvalue weighted by molar-refractivity contribution is 7.80. The van der Waals surface area contributed by atoms with Crippen LogP contribution in [0.15, 0.2) is 61.1 Å². The molecule has 4 rings (SSSR count). The number of benzene rings is 1. The minimum Gasteiger partial charge on any atom is -0.351 e. The maximum atomic E-state index is 5.81. The SMILES string of the molecule is Cc1ccc(N2C(=S)N[C@@H](c3ccccn3)[C@@H]2c2ccn(C(C)(C)C)c2)cc1C. The van der Waals surface area contributed by atoms with E-state index in [-0.39, 0.29) is 17.6 Å². The van der Waals surface area contributed by atoms with Crippen molar-refractivity contribution in [3.63, 3.8) is 0 Å². The lowest BCUT2D eigenvalue weighted by Crippen LogP contribution is -2.29. The third kappa shape index (κ3) is 3.67. The minimum atomic E-state index is -0.0128. The first-order valence-corrected chi connectivity index (χ1v) is 10.4. The molecule has 2 aromatic heterocycles. The van der Waals surface area contributed by atoms with Crippen molar-refractivity contribution in [2.24, 2.45) is 0 Å². The lowest BCUT2D eigenvalue weighted by Gasteiger charge is -2.28. The topological polar surface area (TPSA) is 33.1 Å². The van der Waals surface area contributed by atoms with Gasteiger partial charge in [-0.3, -0.25) is 4.98 Å². The van der Waals surface area contributed by atoms with Crippen LogP contribution in [0.25, 0.3) is 0 Å². The number of nitrogens with one attached hydrogen (secondary N) is 1. The molecule has 5 heteroatoms. The summed E-state index contributed by atoms with van der Waals surface area (Å²) in [6, 6.07) is 14.8. The number of aryl methyl sites for hydroxylation is 2. The number of hydrogen-bond acceptors (Lipinski definition) is 2. The van der Waals surface area contributed by atoms with Gasteiger partial charge in [0.15, 0.2) is 5.11 Å². The predicted octanol–water partition coefficient (Wildman–Crippen LogP) is 5.43. The predicted molar refractivity (Wildman–Crippen MR) is 123 cm³/mol. The highest BCUT2D eigenvalue weighted by atomic mass is 32.1. The molecule has 0 bridgehead atoms. The van der Waals surface area contributed by atoms with Gasteiger partial charge in [0, 0.05) is 29.8 Å². The van der Waals surface area contributed by atoms with E-state index in [9.17, 15) is 0 Å². The van der Waals surface area contributed by atoms with Crippen LogP contribution in [0.1, 0.15) is 55.2 Å². The first-order valence-electron chi connectivity index (χ1n) is 10.0. The van der Waals surface area contributed by atoms with E-state index >= 15 is 0 Å². The van der Waals surface area contributed by atoms with E-state index in [0.29, 0.717) is 0 Å². The molecule has 3 heterocycles. The average molecular weight is 405 g/mol. The van der Waals surface area contributed by atoms with E-state index < -0.39 is 0 Å². The van der Waals surface area contributed by atoms with Gasteiger partial charge in [-0.1, -0.05) is 12.1 Å². The fraction of sp³-hybridized carbons (Fsp3) is 0.333. The summed E-state index contributed by atoms with van der Waals surface area (Å²) in [5.41, 5.74) is 5.89. The number of hydrogen-bond donors (Lipinski definition) is 1. The molecule has 0 radical (unpaired) electrons. The van der Waals surface area contributed by atoms with Crippen LogP contribution in [0, 0.1) is 13.8 Å². The van der Waals surface area contributed by atoms with E-state index in [4.69, 9.17) is 12.2 Å². The molecule has 150 valence electrons. The summed E-state index contributed by atoms with van der Waals surface area (Å²) in [6.45, 7) is 10.9. The van der Waals surface area contributed by atoms with E-state index in [1.165, 1.54) is 16.7 Å². The Morgan fingerprint density at radius 2 is 1.83 bits per heavy atom. The molecule has 0 aliphatic carbocycles. The molecule has 1 aliphatic rings. The number of pyridine rings is 1. The highest BCUT2D eigenvalue weighted by Crippen LogP contribution is 2.42. The largest absolute Gasteiger partial charge is 0.351 e. The quantitative estimate of drug-likeness (QED) is 0.590. The van der Waals surface area contributed by atoms with E-state index in [2.05, 4.69) is 97.1 Å². The molecule has 1 aliphatic heterocycles. The summed E-state index contributed by atoms with van der Waals surface area (Å²) in [7, 11) is 0. The summed E-state index contributed by atoms with van der Waals surface area (Å²) in [5.74, 6) is 0. The van der Waals surface area contributed by atoms with Gasteiger partial charge in [0.2, 0.25) is 0 Å². The second-order valence-electron chi connectivity index (χ2n) is 8.79. The summed E-state index contributed by atoms with van der Waals surface area (Å²) < 4.78 is 2.26. The van der Waals surface area contributed by atoms with Gasteiger partial charge in [-0.25, -0.2) is 0 Å². The Bertz CT molecular complexity index is 1030. The molecular weight excluding hydrogens is 376 g/mol. The van der Waals surface area contributed by atoms with Gasteiger partial charge in [0.05, 0.1) is 17.8 Å². The zero-order valence-corrected chi connectivity index (χ0v) is 18.5. The van der Waals surface area contributed by atoms with Crippen molar-refractivity contribution >= 4 is 23.0 Å². The van der Waals surface area contributed by atoms with Crippen molar-refractivity contribution in [3.05, 3.63) is 83.4 Å². The van der Waals surface area contributed by atoms with Crippen LogP contribution in [0.4, 0.5) is 5.69 Å². The molecule has 2 atom stereocenters. The summed E-state index contributed by atoms with van der Waals surface area (Å²) in [4.78, 5) is 6.87. The maximum absolute atomic E-state index is 5.81. The molecule has 1 fully saturated rings. The number of nitrogens with zero attached hydrogens (tertiary/aromatic N) is 3. The monoisotopic (exact) mass is 404 g/mol. The molecule has 0 spiro atoms. The summed E-state index contributed by atoms with van der Waals surface area (Å²) in [6.07, 6.45) is 6.24. The Hall–Kier alpha value is -2.66. The van der Waals surface area contributed by atoms with Gasteiger partial charge in [-0.05, 0) is 93.9 Å². The van der Waals surface area contributed by atoms with Gasteiger partial charge >= 0.3 is 0 Å². The zero-order valence-electron chi connectivity index (χ0n) is 17.7. The van der Waals surface area contributed by atoms with E-state index in [1.54, 1.807) is 0 Å². The molecule has 4 nitrogen and oxygen atoms in total. The number of rotatable bonds is 3. The van der Waals surface area contributed by atoms with Crippen LogP contribution in [0.5, 0.6) is 0 Å². The molecule has 1 saturated heterocycles. The van der Waals surface area contributed by atoms with Crippen LogP contribution in [0.3, 0.4) is 0 Å². The molecule has 0 amide bonds. The summed E-state index contributed by atoms with van der Waals surface area (Å²) >= 11 is 5.81. The Morgan fingerprint density at radius 1 is 1.03 bits per heavy atom. The van der Waals surface area contributed by atoms with Crippen LogP contribution in [-0.4, -0.2) is 14.7 Å². The third-order valence-electron chi connectivity index (χ3n) is 5.70. The smallest absolute Gasteiger partial charge is 0.174 e. The van der Waals surface area contributed by atoms with Crippen LogP contribution in [0.2, 0.25) is 0 Å². The van der Waals surface area contributed by atoms with Crippen molar-refractivity contribution in [2.75, 3.05) is 4.90 Å². The van der Waals surface area contributed by atoms with Crippen LogP contribution in [-0.2, 0) is 5.54 Å². The molecular formula is C24H28N4S. The van der Waals surface area contributed by atoms with E-state index in [0.717, 1.165) is 16.5 Å². The van der Waals surface area contributed by atoms with E-state index in [1.807, 2.05) is 18.3 Å². The van der Waals surface area contributed by atoms with Crippen LogP contribution >= 0.6 is 12.2 Å². The Balaban J connectivity index is 1.83. The van der Waals surface area contributed by atoms with Crippen molar-refractivity contribution in [1.82, 2.24) is 14.9 Å². The van der Waals surface area contributed by atoms with Crippen molar-refractivity contribution in [1.29, 1.82) is 0 Å². The van der Waals surface area contributed by atoms with Gasteiger partial charge in [0.1, 0.15) is 0 Å². The Morgan fingerprint density at radius 3 is 2.45 bits per heavy atom. The molecule has 0 unspecified atom stereocenters. The zero-order chi connectivity index (χ0) is 20.8. The molecule has 29 heavy (non-hydrogen) atoms. The lowest BCUT2D eigenvalue weighted by atomic mass is 9.98. The molecule has 1 aromatic carbocycles. The lowest BCUT2D eigenvalue weighted by molar-refractivity contribution is 0.397. The molecule has 1 N–H and O–H groups in total. The molecule has 3 aromatic rings. The van der Waals surface area contributed by atoms with Gasteiger partial charge < -0.3 is 14.8 Å². The number of thiocarbonyl (C=S) groups is 1. The van der Waals surface area contributed by atoms with Crippen molar-refractivity contribution in [3.8, 4) is 0 Å².